The average molecular weight is 383 g/mol. The minimum atomic E-state index is -3.55. The van der Waals surface area contributed by atoms with Crippen molar-refractivity contribution >= 4 is 20.9 Å². The van der Waals surface area contributed by atoms with Crippen LogP contribution in [-0.4, -0.2) is 13.4 Å². The van der Waals surface area contributed by atoms with Gasteiger partial charge in [0.25, 0.3) is 0 Å². The number of aromatic amines is 1. The molecule has 0 atom stereocenters. The lowest BCUT2D eigenvalue weighted by Gasteiger charge is -2.13. The minimum absolute atomic E-state index is 0.297. The predicted octanol–water partition coefficient (Wildman–Crippen LogP) is 4.45. The summed E-state index contributed by atoms with van der Waals surface area (Å²) in [6.45, 7) is 5.99. The van der Waals surface area contributed by atoms with Crippen molar-refractivity contribution in [3.05, 3.63) is 63.8 Å². The van der Waals surface area contributed by atoms with Crippen molar-refractivity contribution in [2.45, 2.75) is 57.9 Å². The molecule has 3 aromatic rings. The highest BCUT2D eigenvalue weighted by molar-refractivity contribution is 7.89. The second-order valence-corrected chi connectivity index (χ2v) is 9.43. The van der Waals surface area contributed by atoms with Gasteiger partial charge >= 0.3 is 0 Å². The van der Waals surface area contributed by atoms with E-state index >= 15 is 0 Å². The van der Waals surface area contributed by atoms with E-state index < -0.39 is 10.0 Å². The first-order chi connectivity index (χ1) is 12.8. The van der Waals surface area contributed by atoms with Gasteiger partial charge in [0.2, 0.25) is 10.0 Å². The van der Waals surface area contributed by atoms with Crippen LogP contribution in [0.5, 0.6) is 0 Å². The molecule has 0 saturated heterocycles. The Morgan fingerprint density at radius 3 is 2.44 bits per heavy atom. The summed E-state index contributed by atoms with van der Waals surface area (Å²) in [5.74, 6) is 0. The minimum Gasteiger partial charge on any atom is -0.358 e. The van der Waals surface area contributed by atoms with Gasteiger partial charge in [-0.25, -0.2) is 13.1 Å². The second-order valence-electron chi connectivity index (χ2n) is 7.72. The summed E-state index contributed by atoms with van der Waals surface area (Å²) in [4.78, 5) is 3.92. The summed E-state index contributed by atoms with van der Waals surface area (Å²) in [5, 5.41) is 1.24. The van der Waals surface area contributed by atoms with E-state index in [1.807, 2.05) is 39.0 Å². The average Bonchev–Trinajstić information content (AvgIpc) is 2.97. The molecule has 0 saturated carbocycles. The SMILES string of the molecule is Cc1cc(C)c(S(=O)(=O)NCc2ccc3[nH]c4c(c3c2)CCCC4)c(C)c1. The van der Waals surface area contributed by atoms with Crippen LogP contribution in [0.4, 0.5) is 0 Å². The summed E-state index contributed by atoms with van der Waals surface area (Å²) >= 11 is 0. The second kappa shape index (κ2) is 6.80. The fraction of sp³-hybridized carbons (Fsp3) is 0.364. The molecule has 1 aliphatic rings. The molecular formula is C22H26N2O2S. The monoisotopic (exact) mass is 382 g/mol. The molecule has 0 radical (unpaired) electrons. The molecule has 2 N–H and O–H groups in total. The Morgan fingerprint density at radius 2 is 1.70 bits per heavy atom. The molecule has 1 heterocycles. The van der Waals surface area contributed by atoms with Gasteiger partial charge in [0.05, 0.1) is 4.90 Å². The summed E-state index contributed by atoms with van der Waals surface area (Å²) in [7, 11) is -3.55. The first-order valence-corrected chi connectivity index (χ1v) is 11.0. The van der Waals surface area contributed by atoms with Crippen LogP contribution in [0.2, 0.25) is 0 Å². The molecule has 0 aliphatic heterocycles. The van der Waals surface area contributed by atoms with Gasteiger partial charge in [-0.3, -0.25) is 0 Å². The van der Waals surface area contributed by atoms with E-state index in [4.69, 9.17) is 0 Å². The van der Waals surface area contributed by atoms with Gasteiger partial charge in [0.1, 0.15) is 0 Å². The number of benzene rings is 2. The third-order valence-corrected chi connectivity index (χ3v) is 7.21. The molecular weight excluding hydrogens is 356 g/mol. The lowest BCUT2D eigenvalue weighted by Crippen LogP contribution is -2.25. The normalized spacial score (nSPS) is 14.5. The summed E-state index contributed by atoms with van der Waals surface area (Å²) in [6, 6.07) is 10.0. The number of hydrogen-bond donors (Lipinski definition) is 2. The van der Waals surface area contributed by atoms with E-state index in [9.17, 15) is 8.42 Å². The molecule has 2 aromatic carbocycles. The number of hydrogen-bond acceptors (Lipinski definition) is 2. The molecule has 142 valence electrons. The molecule has 1 aromatic heterocycles. The molecule has 0 bridgehead atoms. The Morgan fingerprint density at radius 1 is 1.00 bits per heavy atom. The molecule has 0 amide bonds. The number of rotatable bonds is 4. The van der Waals surface area contributed by atoms with Crippen LogP contribution >= 0.6 is 0 Å². The molecule has 27 heavy (non-hydrogen) atoms. The Hall–Kier alpha value is -2.11. The van der Waals surface area contributed by atoms with Gasteiger partial charge in [0.15, 0.2) is 0 Å². The van der Waals surface area contributed by atoms with Gasteiger partial charge in [0, 0.05) is 23.1 Å². The number of H-pyrrole nitrogens is 1. The van der Waals surface area contributed by atoms with Crippen molar-refractivity contribution < 1.29 is 8.42 Å². The Balaban J connectivity index is 1.61. The topological polar surface area (TPSA) is 62.0 Å². The van der Waals surface area contributed by atoms with Crippen molar-refractivity contribution in [2.75, 3.05) is 0 Å². The van der Waals surface area contributed by atoms with Crippen molar-refractivity contribution in [3.8, 4) is 0 Å². The van der Waals surface area contributed by atoms with Gasteiger partial charge in [-0.2, -0.15) is 0 Å². The maximum absolute atomic E-state index is 12.9. The number of sulfonamides is 1. The number of aryl methyl sites for hydroxylation is 5. The third kappa shape index (κ3) is 3.42. The van der Waals surface area contributed by atoms with Crippen molar-refractivity contribution in [1.29, 1.82) is 0 Å². The highest BCUT2D eigenvalue weighted by Crippen LogP contribution is 2.30. The Labute approximate surface area is 161 Å². The van der Waals surface area contributed by atoms with Gasteiger partial charge < -0.3 is 4.98 Å². The number of fused-ring (bicyclic) bond motifs is 3. The fourth-order valence-corrected chi connectivity index (χ4v) is 5.87. The van der Waals surface area contributed by atoms with Gasteiger partial charge in [-0.1, -0.05) is 23.8 Å². The predicted molar refractivity (Wildman–Crippen MR) is 110 cm³/mol. The number of aromatic nitrogens is 1. The molecule has 4 nitrogen and oxygen atoms in total. The maximum atomic E-state index is 12.9. The van der Waals surface area contributed by atoms with Crippen molar-refractivity contribution in [1.82, 2.24) is 9.71 Å². The van der Waals surface area contributed by atoms with E-state index in [0.29, 0.717) is 11.4 Å². The van der Waals surface area contributed by atoms with Crippen LogP contribution in [0.3, 0.4) is 0 Å². The van der Waals surface area contributed by atoms with Gasteiger partial charge in [-0.05, 0) is 80.8 Å². The van der Waals surface area contributed by atoms with E-state index in [-0.39, 0.29) is 0 Å². The van der Waals surface area contributed by atoms with Crippen LogP contribution < -0.4 is 4.72 Å². The van der Waals surface area contributed by atoms with E-state index in [0.717, 1.165) is 40.6 Å². The molecule has 1 aliphatic carbocycles. The Kier molecular flexibility index (Phi) is 4.60. The summed E-state index contributed by atoms with van der Waals surface area (Å²) < 4.78 is 28.6. The molecule has 0 fully saturated rings. The lowest BCUT2D eigenvalue weighted by molar-refractivity contribution is 0.580. The van der Waals surface area contributed by atoms with Crippen LogP contribution in [0.1, 0.15) is 46.4 Å². The summed E-state index contributed by atoms with van der Waals surface area (Å²) in [5.41, 5.74) is 7.54. The standard InChI is InChI=1S/C22H26N2O2S/c1-14-10-15(2)22(16(3)11-14)27(25,26)23-13-17-8-9-21-19(12-17)18-6-4-5-7-20(18)24-21/h8-12,23-24H,4-7,13H2,1-3H3. The summed E-state index contributed by atoms with van der Waals surface area (Å²) in [6.07, 6.45) is 4.68. The van der Waals surface area contributed by atoms with E-state index in [2.05, 4.69) is 21.8 Å². The first kappa shape index (κ1) is 18.3. The molecule has 5 heteroatoms. The number of nitrogens with one attached hydrogen (secondary N) is 2. The van der Waals surface area contributed by atoms with Crippen LogP contribution in [0.15, 0.2) is 35.2 Å². The molecule has 0 unspecified atom stereocenters. The molecule has 4 rings (SSSR count). The zero-order chi connectivity index (χ0) is 19.2. The van der Waals surface area contributed by atoms with Crippen molar-refractivity contribution in [3.63, 3.8) is 0 Å². The first-order valence-electron chi connectivity index (χ1n) is 9.55. The zero-order valence-electron chi connectivity index (χ0n) is 16.1. The quantitative estimate of drug-likeness (QED) is 0.700. The van der Waals surface area contributed by atoms with Crippen LogP contribution in [0, 0.1) is 20.8 Å². The van der Waals surface area contributed by atoms with Crippen molar-refractivity contribution in [2.24, 2.45) is 0 Å². The fourth-order valence-electron chi connectivity index (χ4n) is 4.40. The third-order valence-electron chi connectivity index (χ3n) is 5.50. The van der Waals surface area contributed by atoms with Gasteiger partial charge in [-0.15, -0.1) is 0 Å². The lowest BCUT2D eigenvalue weighted by atomic mass is 9.95. The van der Waals surface area contributed by atoms with E-state index in [1.54, 1.807) is 0 Å². The van der Waals surface area contributed by atoms with E-state index in [1.165, 1.54) is 29.5 Å². The highest BCUT2D eigenvalue weighted by atomic mass is 32.2. The smallest absolute Gasteiger partial charge is 0.241 e. The highest BCUT2D eigenvalue weighted by Gasteiger charge is 2.20. The van der Waals surface area contributed by atoms with Crippen LogP contribution in [-0.2, 0) is 29.4 Å². The zero-order valence-corrected chi connectivity index (χ0v) is 17.0. The maximum Gasteiger partial charge on any atom is 0.241 e. The van der Waals surface area contributed by atoms with Crippen LogP contribution in [0.25, 0.3) is 10.9 Å². The largest absolute Gasteiger partial charge is 0.358 e. The molecule has 0 spiro atoms. The Bertz CT molecular complexity index is 1100.